The van der Waals surface area contributed by atoms with Gasteiger partial charge in [-0.05, 0) is 25.0 Å². The van der Waals surface area contributed by atoms with Crippen LogP contribution in [0.25, 0.3) is 22.2 Å². The Balaban J connectivity index is 1.89. The minimum atomic E-state index is 0.693. The van der Waals surface area contributed by atoms with E-state index in [-0.39, 0.29) is 0 Å². The minimum Gasteiger partial charge on any atom is -0.354 e. The highest BCUT2D eigenvalue weighted by molar-refractivity contribution is 5.86. The molecule has 2 heterocycles. The lowest BCUT2D eigenvalue weighted by Crippen LogP contribution is -1.84. The molecule has 0 spiro atoms. The summed E-state index contributed by atoms with van der Waals surface area (Å²) < 4.78 is 0. The lowest BCUT2D eigenvalue weighted by atomic mass is 10.1. The second kappa shape index (κ2) is 3.23. The van der Waals surface area contributed by atoms with Crippen molar-refractivity contribution in [2.75, 3.05) is 0 Å². The highest BCUT2D eigenvalue weighted by Crippen LogP contribution is 2.43. The Morgan fingerprint density at radius 2 is 2.06 bits per heavy atom. The normalized spacial score (nSPS) is 15.5. The molecule has 4 rings (SSSR count). The van der Waals surface area contributed by atoms with E-state index in [9.17, 15) is 0 Å². The van der Waals surface area contributed by atoms with Gasteiger partial charge in [-0.1, -0.05) is 18.2 Å². The molecule has 2 aromatic heterocycles. The van der Waals surface area contributed by atoms with Crippen molar-refractivity contribution in [3.05, 3.63) is 42.2 Å². The fourth-order valence-corrected chi connectivity index (χ4v) is 2.41. The maximum Gasteiger partial charge on any atom is 0.0583 e. The van der Waals surface area contributed by atoms with E-state index >= 15 is 0 Å². The highest BCUT2D eigenvalue weighted by Gasteiger charge is 2.28. The summed E-state index contributed by atoms with van der Waals surface area (Å²) in [7, 11) is 0. The fourth-order valence-electron chi connectivity index (χ4n) is 2.41. The Morgan fingerprint density at radius 1 is 1.18 bits per heavy atom. The molecule has 2 N–H and O–H groups in total. The molecule has 1 aliphatic carbocycles. The number of para-hydroxylation sites is 1. The van der Waals surface area contributed by atoms with Crippen LogP contribution in [-0.4, -0.2) is 15.2 Å². The minimum absolute atomic E-state index is 0.693. The van der Waals surface area contributed by atoms with Gasteiger partial charge in [0.1, 0.15) is 0 Å². The van der Waals surface area contributed by atoms with Gasteiger partial charge in [0.15, 0.2) is 0 Å². The molecule has 17 heavy (non-hydrogen) atoms. The molecule has 1 saturated carbocycles. The second-order valence-corrected chi connectivity index (χ2v) is 4.74. The summed E-state index contributed by atoms with van der Waals surface area (Å²) in [5.41, 5.74) is 4.87. The van der Waals surface area contributed by atoms with Crippen molar-refractivity contribution in [3.63, 3.8) is 0 Å². The van der Waals surface area contributed by atoms with Crippen LogP contribution in [-0.2, 0) is 0 Å². The van der Waals surface area contributed by atoms with Gasteiger partial charge in [-0.15, -0.1) is 0 Å². The van der Waals surface area contributed by atoms with E-state index in [0.29, 0.717) is 5.92 Å². The summed E-state index contributed by atoms with van der Waals surface area (Å²) in [5.74, 6) is 0.693. The molecule has 0 atom stereocenters. The number of hydrogen-bond acceptors (Lipinski definition) is 1. The standard InChI is InChI=1S/C14H13N3/c1-2-4-12-10(3-1)7-13(16-12)11-8-15-17-14(11)9-5-6-9/h1-4,7-9,16H,5-6H2,(H,15,17). The van der Waals surface area contributed by atoms with E-state index < -0.39 is 0 Å². The van der Waals surface area contributed by atoms with Crippen LogP contribution in [0.1, 0.15) is 24.5 Å². The van der Waals surface area contributed by atoms with Gasteiger partial charge in [-0.3, -0.25) is 5.10 Å². The Labute approximate surface area is 98.9 Å². The lowest BCUT2D eigenvalue weighted by Gasteiger charge is -1.97. The molecular formula is C14H13N3. The molecule has 0 aliphatic heterocycles. The monoisotopic (exact) mass is 223 g/mol. The molecule has 0 bridgehead atoms. The van der Waals surface area contributed by atoms with Gasteiger partial charge in [-0.2, -0.15) is 5.10 Å². The number of aromatic nitrogens is 3. The van der Waals surface area contributed by atoms with E-state index in [4.69, 9.17) is 0 Å². The zero-order valence-corrected chi connectivity index (χ0v) is 9.40. The largest absolute Gasteiger partial charge is 0.354 e. The molecule has 1 fully saturated rings. The number of nitrogens with one attached hydrogen (secondary N) is 2. The molecule has 3 nitrogen and oxygen atoms in total. The fraction of sp³-hybridized carbons (Fsp3) is 0.214. The molecule has 0 unspecified atom stereocenters. The molecule has 1 aliphatic rings. The Kier molecular flexibility index (Phi) is 1.72. The number of benzene rings is 1. The van der Waals surface area contributed by atoms with Gasteiger partial charge in [0, 0.05) is 33.8 Å². The van der Waals surface area contributed by atoms with E-state index in [0.717, 1.165) is 0 Å². The first kappa shape index (κ1) is 9.05. The maximum atomic E-state index is 4.18. The zero-order valence-electron chi connectivity index (χ0n) is 9.40. The van der Waals surface area contributed by atoms with Gasteiger partial charge in [0.25, 0.3) is 0 Å². The average molecular weight is 223 g/mol. The smallest absolute Gasteiger partial charge is 0.0583 e. The molecule has 1 aromatic carbocycles. The second-order valence-electron chi connectivity index (χ2n) is 4.74. The van der Waals surface area contributed by atoms with Crippen molar-refractivity contribution in [2.24, 2.45) is 0 Å². The molecule has 0 radical (unpaired) electrons. The number of H-pyrrole nitrogens is 2. The Bertz CT molecular complexity index is 640. The van der Waals surface area contributed by atoms with Gasteiger partial charge in [-0.25, -0.2) is 0 Å². The molecular weight excluding hydrogens is 210 g/mol. The summed E-state index contributed by atoms with van der Waals surface area (Å²) in [4.78, 5) is 3.46. The van der Waals surface area contributed by atoms with Crippen LogP contribution in [0.5, 0.6) is 0 Å². The van der Waals surface area contributed by atoms with Gasteiger partial charge in [0.05, 0.1) is 6.20 Å². The van der Waals surface area contributed by atoms with Gasteiger partial charge in [0.2, 0.25) is 0 Å². The third-order valence-electron chi connectivity index (χ3n) is 3.47. The van der Waals surface area contributed by atoms with Crippen LogP contribution >= 0.6 is 0 Å². The van der Waals surface area contributed by atoms with E-state index in [1.165, 1.54) is 40.7 Å². The van der Waals surface area contributed by atoms with Crippen LogP contribution in [0.15, 0.2) is 36.5 Å². The number of fused-ring (bicyclic) bond motifs is 1. The van der Waals surface area contributed by atoms with Gasteiger partial charge >= 0.3 is 0 Å². The first-order chi connectivity index (χ1) is 8.42. The number of aromatic amines is 2. The van der Waals surface area contributed by atoms with Crippen molar-refractivity contribution in [1.29, 1.82) is 0 Å². The van der Waals surface area contributed by atoms with Crippen LogP contribution in [0.3, 0.4) is 0 Å². The molecule has 3 aromatic rings. The Hall–Kier alpha value is -2.03. The van der Waals surface area contributed by atoms with E-state index in [1.807, 2.05) is 6.20 Å². The maximum absolute atomic E-state index is 4.18. The summed E-state index contributed by atoms with van der Waals surface area (Å²) >= 11 is 0. The van der Waals surface area contributed by atoms with E-state index in [1.54, 1.807) is 0 Å². The zero-order chi connectivity index (χ0) is 11.2. The summed E-state index contributed by atoms with van der Waals surface area (Å²) in [6.45, 7) is 0. The van der Waals surface area contributed by atoms with Crippen LogP contribution in [0.2, 0.25) is 0 Å². The van der Waals surface area contributed by atoms with Crippen LogP contribution in [0, 0.1) is 0 Å². The number of rotatable bonds is 2. The summed E-state index contributed by atoms with van der Waals surface area (Å²) in [5, 5.41) is 8.58. The quantitative estimate of drug-likeness (QED) is 0.686. The van der Waals surface area contributed by atoms with Crippen LogP contribution < -0.4 is 0 Å². The van der Waals surface area contributed by atoms with Crippen molar-refractivity contribution in [2.45, 2.75) is 18.8 Å². The third-order valence-corrected chi connectivity index (χ3v) is 3.47. The molecule has 0 saturated heterocycles. The lowest BCUT2D eigenvalue weighted by molar-refractivity contribution is 0.966. The predicted octanol–water partition coefficient (Wildman–Crippen LogP) is 3.44. The van der Waals surface area contributed by atoms with Crippen molar-refractivity contribution < 1.29 is 0 Å². The first-order valence-electron chi connectivity index (χ1n) is 6.03. The highest BCUT2D eigenvalue weighted by atomic mass is 15.1. The molecule has 3 heteroatoms. The van der Waals surface area contributed by atoms with Gasteiger partial charge < -0.3 is 4.98 Å². The summed E-state index contributed by atoms with van der Waals surface area (Å²) in [6.07, 6.45) is 4.50. The number of hydrogen-bond donors (Lipinski definition) is 2. The SMILES string of the molecule is c1ccc2[nH]c(-c3cn[nH]c3C3CC3)cc2c1. The Morgan fingerprint density at radius 3 is 2.88 bits per heavy atom. The first-order valence-corrected chi connectivity index (χ1v) is 6.03. The predicted molar refractivity (Wildman–Crippen MR) is 67.9 cm³/mol. The van der Waals surface area contributed by atoms with Crippen molar-refractivity contribution >= 4 is 10.9 Å². The van der Waals surface area contributed by atoms with Crippen molar-refractivity contribution in [3.8, 4) is 11.3 Å². The topological polar surface area (TPSA) is 44.5 Å². The number of nitrogens with zero attached hydrogens (tertiary/aromatic N) is 1. The molecule has 0 amide bonds. The summed E-state index contributed by atoms with van der Waals surface area (Å²) in [6, 6.07) is 10.6. The molecule has 84 valence electrons. The van der Waals surface area contributed by atoms with Crippen molar-refractivity contribution in [1.82, 2.24) is 15.2 Å². The van der Waals surface area contributed by atoms with Crippen LogP contribution in [0.4, 0.5) is 0 Å². The van der Waals surface area contributed by atoms with E-state index in [2.05, 4.69) is 45.5 Å². The average Bonchev–Trinajstić information content (AvgIpc) is 2.94. The third kappa shape index (κ3) is 1.39.